The van der Waals surface area contributed by atoms with Crippen molar-refractivity contribution >= 4 is 11.8 Å². The van der Waals surface area contributed by atoms with Gasteiger partial charge in [0.1, 0.15) is 6.04 Å². The second-order valence-corrected chi connectivity index (χ2v) is 4.85. The van der Waals surface area contributed by atoms with Gasteiger partial charge in [0.25, 0.3) is 0 Å². The quantitative estimate of drug-likeness (QED) is 0.707. The maximum atomic E-state index is 12.3. The van der Waals surface area contributed by atoms with Crippen LogP contribution in [0, 0.1) is 5.92 Å². The molecular weight excluding hydrogens is 220 g/mol. The lowest BCUT2D eigenvalue weighted by atomic mass is 10.0. The fourth-order valence-corrected chi connectivity index (χ4v) is 2.83. The summed E-state index contributed by atoms with van der Waals surface area (Å²) in [5.41, 5.74) is 0. The smallest absolute Gasteiger partial charge is 0.242 e. The van der Waals surface area contributed by atoms with Crippen molar-refractivity contribution in [3.63, 3.8) is 0 Å². The fraction of sp³-hybridized carbons (Fsp3) is 0.833. The molecule has 1 aliphatic carbocycles. The predicted octanol–water partition coefficient (Wildman–Crippen LogP) is -0.116. The third-order valence-electron chi connectivity index (χ3n) is 3.80. The third kappa shape index (κ3) is 2.29. The zero-order valence-corrected chi connectivity index (χ0v) is 10.2. The van der Waals surface area contributed by atoms with Gasteiger partial charge < -0.3 is 15.3 Å². The second kappa shape index (κ2) is 5.04. The maximum Gasteiger partial charge on any atom is 0.242 e. The van der Waals surface area contributed by atoms with Crippen LogP contribution in [0.25, 0.3) is 0 Å². The molecule has 3 atom stereocenters. The normalized spacial score (nSPS) is 33.6. The van der Waals surface area contributed by atoms with Crippen LogP contribution < -0.4 is 5.32 Å². The van der Waals surface area contributed by atoms with Crippen LogP contribution in [0.1, 0.15) is 32.6 Å². The van der Waals surface area contributed by atoms with Crippen molar-refractivity contribution < 1.29 is 14.7 Å². The summed E-state index contributed by atoms with van der Waals surface area (Å²) < 4.78 is 0. The number of piperazine rings is 1. The van der Waals surface area contributed by atoms with Crippen molar-refractivity contribution in [2.24, 2.45) is 5.92 Å². The summed E-state index contributed by atoms with van der Waals surface area (Å²) in [7, 11) is 0. The fourth-order valence-electron chi connectivity index (χ4n) is 2.83. The van der Waals surface area contributed by atoms with Crippen molar-refractivity contribution in [3.8, 4) is 0 Å². The van der Waals surface area contributed by atoms with Crippen LogP contribution in [0.2, 0.25) is 0 Å². The van der Waals surface area contributed by atoms with Crippen LogP contribution in [-0.2, 0) is 9.59 Å². The predicted molar refractivity (Wildman–Crippen MR) is 62.1 cm³/mol. The topological polar surface area (TPSA) is 69.6 Å². The average Bonchev–Trinajstić information content (AvgIpc) is 2.74. The summed E-state index contributed by atoms with van der Waals surface area (Å²) in [5, 5.41) is 12.5. The number of rotatable bonds is 2. The second-order valence-electron chi connectivity index (χ2n) is 4.85. The van der Waals surface area contributed by atoms with E-state index in [4.69, 9.17) is 0 Å². The molecule has 2 fully saturated rings. The summed E-state index contributed by atoms with van der Waals surface area (Å²) in [6.45, 7) is 2.98. The maximum absolute atomic E-state index is 12.3. The Morgan fingerprint density at radius 1 is 1.53 bits per heavy atom. The number of hydrogen-bond acceptors (Lipinski definition) is 3. The summed E-state index contributed by atoms with van der Waals surface area (Å²) >= 11 is 0. The van der Waals surface area contributed by atoms with Gasteiger partial charge in [-0.3, -0.25) is 9.59 Å². The molecule has 17 heavy (non-hydrogen) atoms. The van der Waals surface area contributed by atoms with Crippen LogP contribution in [-0.4, -0.2) is 47.1 Å². The van der Waals surface area contributed by atoms with Gasteiger partial charge in [0, 0.05) is 13.1 Å². The van der Waals surface area contributed by atoms with E-state index in [-0.39, 0.29) is 23.8 Å². The Labute approximate surface area is 101 Å². The van der Waals surface area contributed by atoms with Crippen LogP contribution in [0.3, 0.4) is 0 Å². The van der Waals surface area contributed by atoms with E-state index >= 15 is 0 Å². The monoisotopic (exact) mass is 240 g/mol. The van der Waals surface area contributed by atoms with Gasteiger partial charge in [0.2, 0.25) is 11.8 Å². The zero-order chi connectivity index (χ0) is 12.4. The lowest BCUT2D eigenvalue weighted by Crippen LogP contribution is -2.58. The molecule has 1 saturated carbocycles. The first-order chi connectivity index (χ1) is 8.15. The Bertz CT molecular complexity index is 319. The number of carbonyl (C=O) groups is 2. The minimum absolute atomic E-state index is 0.0447. The Morgan fingerprint density at radius 2 is 2.29 bits per heavy atom. The molecule has 0 radical (unpaired) electrons. The molecule has 2 N–H and O–H groups in total. The van der Waals surface area contributed by atoms with E-state index in [1.165, 1.54) is 0 Å². The Hall–Kier alpha value is -1.10. The minimum atomic E-state index is -0.523. The van der Waals surface area contributed by atoms with Crippen molar-refractivity contribution in [2.45, 2.75) is 44.8 Å². The van der Waals surface area contributed by atoms with Crippen LogP contribution in [0.4, 0.5) is 0 Å². The van der Waals surface area contributed by atoms with Gasteiger partial charge in [-0.25, -0.2) is 0 Å². The molecule has 0 aromatic carbocycles. The van der Waals surface area contributed by atoms with E-state index in [2.05, 4.69) is 5.32 Å². The number of carbonyl (C=O) groups excluding carboxylic acids is 2. The first-order valence-electron chi connectivity index (χ1n) is 6.41. The lowest BCUT2D eigenvalue weighted by Gasteiger charge is -2.36. The molecule has 5 nitrogen and oxygen atoms in total. The highest BCUT2D eigenvalue weighted by atomic mass is 16.3. The molecule has 0 spiro atoms. The van der Waals surface area contributed by atoms with E-state index in [1.807, 2.05) is 6.92 Å². The van der Waals surface area contributed by atoms with Crippen molar-refractivity contribution in [1.29, 1.82) is 0 Å². The number of aliphatic hydroxyl groups excluding tert-OH is 1. The van der Waals surface area contributed by atoms with Gasteiger partial charge >= 0.3 is 0 Å². The summed E-state index contributed by atoms with van der Waals surface area (Å²) in [6, 6.07) is -0.357. The lowest BCUT2D eigenvalue weighted by molar-refractivity contribution is -0.148. The molecule has 96 valence electrons. The van der Waals surface area contributed by atoms with Gasteiger partial charge in [-0.15, -0.1) is 0 Å². The van der Waals surface area contributed by atoms with Gasteiger partial charge in [0.05, 0.1) is 12.0 Å². The molecule has 2 amide bonds. The van der Waals surface area contributed by atoms with Crippen molar-refractivity contribution in [1.82, 2.24) is 10.2 Å². The van der Waals surface area contributed by atoms with E-state index in [9.17, 15) is 14.7 Å². The highest BCUT2D eigenvalue weighted by Crippen LogP contribution is 2.28. The van der Waals surface area contributed by atoms with Gasteiger partial charge in [-0.05, 0) is 25.7 Å². The Morgan fingerprint density at radius 3 is 2.88 bits per heavy atom. The Kier molecular flexibility index (Phi) is 3.66. The minimum Gasteiger partial charge on any atom is -0.392 e. The molecular formula is C12H20N2O3. The number of nitrogens with zero attached hydrogens (tertiary/aromatic N) is 1. The number of hydrogen-bond donors (Lipinski definition) is 2. The van der Waals surface area contributed by atoms with E-state index in [0.29, 0.717) is 25.9 Å². The van der Waals surface area contributed by atoms with E-state index in [1.54, 1.807) is 4.90 Å². The number of nitrogens with one attached hydrogen (secondary N) is 1. The molecule has 3 unspecified atom stereocenters. The Balaban J connectivity index is 2.09. The van der Waals surface area contributed by atoms with Gasteiger partial charge in [0.15, 0.2) is 0 Å². The third-order valence-corrected chi connectivity index (χ3v) is 3.80. The van der Waals surface area contributed by atoms with Crippen molar-refractivity contribution in [3.05, 3.63) is 0 Å². The molecule has 0 aromatic rings. The molecule has 2 aliphatic rings. The van der Waals surface area contributed by atoms with Gasteiger partial charge in [-0.1, -0.05) is 6.92 Å². The summed E-state index contributed by atoms with van der Waals surface area (Å²) in [5.74, 6) is -0.411. The zero-order valence-electron chi connectivity index (χ0n) is 10.2. The van der Waals surface area contributed by atoms with E-state index in [0.717, 1.165) is 12.8 Å². The van der Waals surface area contributed by atoms with E-state index < -0.39 is 6.10 Å². The summed E-state index contributed by atoms with van der Waals surface area (Å²) in [6.07, 6.45) is 2.45. The largest absolute Gasteiger partial charge is 0.392 e. The standard InChI is InChI=1S/C12H20N2O3/c1-2-9-11(16)13-6-7-14(9)12(17)8-4-3-5-10(8)15/h8-10,15H,2-7H2,1H3,(H,13,16). The molecule has 5 heteroatoms. The molecule has 0 bridgehead atoms. The molecule has 0 aromatic heterocycles. The van der Waals surface area contributed by atoms with Crippen LogP contribution in [0.5, 0.6) is 0 Å². The molecule has 1 heterocycles. The first-order valence-corrected chi connectivity index (χ1v) is 6.41. The van der Waals surface area contributed by atoms with Crippen LogP contribution in [0.15, 0.2) is 0 Å². The number of aliphatic hydroxyl groups is 1. The number of amides is 2. The average molecular weight is 240 g/mol. The van der Waals surface area contributed by atoms with Crippen LogP contribution >= 0.6 is 0 Å². The molecule has 1 aliphatic heterocycles. The van der Waals surface area contributed by atoms with Crippen molar-refractivity contribution in [2.75, 3.05) is 13.1 Å². The highest BCUT2D eigenvalue weighted by molar-refractivity contribution is 5.89. The first kappa shape index (κ1) is 12.4. The molecule has 2 rings (SSSR count). The van der Waals surface area contributed by atoms with Gasteiger partial charge in [-0.2, -0.15) is 0 Å². The summed E-state index contributed by atoms with van der Waals surface area (Å²) in [4.78, 5) is 25.6. The highest BCUT2D eigenvalue weighted by Gasteiger charge is 2.39. The SMILES string of the molecule is CCC1C(=O)NCCN1C(=O)C1CCCC1O. The molecule has 1 saturated heterocycles.